The molecule has 0 aliphatic rings. The lowest BCUT2D eigenvalue weighted by molar-refractivity contribution is 0.318. The molecule has 3 N–H and O–H groups in total. The van der Waals surface area contributed by atoms with Crippen molar-refractivity contribution in [1.29, 1.82) is 0 Å². The minimum Gasteiger partial charge on any atom is -0.409 e. The van der Waals surface area contributed by atoms with Gasteiger partial charge in [-0.3, -0.25) is 0 Å². The van der Waals surface area contributed by atoms with E-state index in [-0.39, 0.29) is 5.84 Å². The number of oxime groups is 1. The molecule has 1 aromatic heterocycles. The van der Waals surface area contributed by atoms with E-state index in [0.29, 0.717) is 17.8 Å². The van der Waals surface area contributed by atoms with E-state index in [1.54, 1.807) is 30.3 Å². The molecule has 1 aromatic carbocycles. The number of nitrogens with two attached hydrogens (primary N) is 1. The van der Waals surface area contributed by atoms with Crippen LogP contribution in [-0.2, 0) is 13.6 Å². The van der Waals surface area contributed by atoms with Gasteiger partial charge in [-0.15, -0.1) is 0 Å². The molecule has 2 rings (SSSR count). The van der Waals surface area contributed by atoms with Crippen molar-refractivity contribution in [3.8, 4) is 0 Å². The normalized spacial score (nSPS) is 11.7. The van der Waals surface area contributed by atoms with E-state index in [0.717, 1.165) is 5.82 Å². The number of amidine groups is 1. The molecule has 0 amide bonds. The highest BCUT2D eigenvalue weighted by molar-refractivity contribution is 5.97. The monoisotopic (exact) mass is 277 g/mol. The number of imidazole rings is 1. The van der Waals surface area contributed by atoms with Gasteiger partial charge in [-0.25, -0.2) is 9.37 Å². The Morgan fingerprint density at radius 3 is 2.85 bits per heavy atom. The maximum absolute atomic E-state index is 14.1. The number of nitrogens with zero attached hydrogens (tertiary/aromatic N) is 4. The number of rotatable bonds is 4. The van der Waals surface area contributed by atoms with E-state index >= 15 is 0 Å². The van der Waals surface area contributed by atoms with Crippen LogP contribution >= 0.6 is 0 Å². The topological polar surface area (TPSA) is 79.7 Å². The molecule has 106 valence electrons. The fourth-order valence-corrected chi connectivity index (χ4v) is 1.88. The molecule has 0 unspecified atom stereocenters. The Labute approximate surface area is 115 Å². The summed E-state index contributed by atoms with van der Waals surface area (Å²) in [5.74, 6) is 0.264. The highest BCUT2D eigenvalue weighted by Crippen LogP contribution is 2.20. The van der Waals surface area contributed by atoms with Crippen molar-refractivity contribution in [2.75, 3.05) is 11.9 Å². The van der Waals surface area contributed by atoms with Gasteiger partial charge in [0, 0.05) is 32.1 Å². The van der Waals surface area contributed by atoms with Gasteiger partial charge >= 0.3 is 0 Å². The molecule has 0 atom stereocenters. The van der Waals surface area contributed by atoms with Crippen molar-refractivity contribution in [3.63, 3.8) is 0 Å². The van der Waals surface area contributed by atoms with Crippen LogP contribution in [0, 0.1) is 5.82 Å². The van der Waals surface area contributed by atoms with E-state index in [2.05, 4.69) is 10.1 Å². The Morgan fingerprint density at radius 1 is 1.55 bits per heavy atom. The van der Waals surface area contributed by atoms with Gasteiger partial charge in [-0.1, -0.05) is 5.16 Å². The summed E-state index contributed by atoms with van der Waals surface area (Å²) in [6.45, 7) is 0.476. The number of hydrogen-bond acceptors (Lipinski definition) is 4. The van der Waals surface area contributed by atoms with Gasteiger partial charge in [0.25, 0.3) is 0 Å². The molecule has 0 spiro atoms. The summed E-state index contributed by atoms with van der Waals surface area (Å²) in [7, 11) is 3.66. The Hall–Kier alpha value is -2.57. The van der Waals surface area contributed by atoms with E-state index in [4.69, 9.17) is 10.9 Å². The molecule has 1 heterocycles. The van der Waals surface area contributed by atoms with E-state index < -0.39 is 5.82 Å². The number of anilines is 1. The highest BCUT2D eigenvalue weighted by atomic mass is 19.1. The molecule has 0 saturated carbocycles. The predicted octanol–water partition coefficient (Wildman–Crippen LogP) is 1.29. The van der Waals surface area contributed by atoms with Crippen LogP contribution < -0.4 is 10.6 Å². The molecular formula is C13H16FN5O. The SMILES string of the molecule is CN(Cc1nccn1C)c1ccc(C(N)=NO)cc1F. The Balaban J connectivity index is 2.22. The average molecular weight is 277 g/mol. The van der Waals surface area contributed by atoms with Crippen LogP contribution in [0.5, 0.6) is 0 Å². The molecule has 0 aliphatic carbocycles. The summed E-state index contributed by atoms with van der Waals surface area (Å²) < 4.78 is 15.9. The Morgan fingerprint density at radius 2 is 2.30 bits per heavy atom. The standard InChI is InChI=1S/C13H16FN5O/c1-18-6-5-16-12(18)8-19(2)11-4-3-9(7-10(11)14)13(15)17-20/h3-7,20H,8H2,1-2H3,(H2,15,17). The number of hydrogen-bond donors (Lipinski definition) is 2. The lowest BCUT2D eigenvalue weighted by Gasteiger charge is -2.20. The lowest BCUT2D eigenvalue weighted by atomic mass is 10.1. The zero-order valence-electron chi connectivity index (χ0n) is 11.3. The third-order valence-electron chi connectivity index (χ3n) is 3.06. The van der Waals surface area contributed by atoms with Crippen molar-refractivity contribution >= 4 is 11.5 Å². The summed E-state index contributed by atoms with van der Waals surface area (Å²) in [5.41, 5.74) is 6.18. The molecule has 0 aliphatic heterocycles. The maximum Gasteiger partial charge on any atom is 0.170 e. The van der Waals surface area contributed by atoms with Crippen molar-refractivity contribution < 1.29 is 9.60 Å². The summed E-state index contributed by atoms with van der Waals surface area (Å²) in [6, 6.07) is 4.42. The first-order valence-corrected chi connectivity index (χ1v) is 5.97. The Bertz CT molecular complexity index is 637. The highest BCUT2D eigenvalue weighted by Gasteiger charge is 2.12. The number of halogens is 1. The first kappa shape index (κ1) is 13.9. The van der Waals surface area contributed by atoms with E-state index in [9.17, 15) is 4.39 Å². The minimum atomic E-state index is -0.439. The van der Waals surface area contributed by atoms with Crippen LogP contribution in [0.25, 0.3) is 0 Å². The van der Waals surface area contributed by atoms with Gasteiger partial charge in [0.05, 0.1) is 12.2 Å². The molecule has 6 nitrogen and oxygen atoms in total. The second-order valence-corrected chi connectivity index (χ2v) is 4.46. The van der Waals surface area contributed by atoms with Gasteiger partial charge in [-0.2, -0.15) is 0 Å². The number of aromatic nitrogens is 2. The first-order valence-electron chi connectivity index (χ1n) is 5.97. The molecule has 0 radical (unpaired) electrons. The van der Waals surface area contributed by atoms with Crippen molar-refractivity contribution in [2.45, 2.75) is 6.54 Å². The van der Waals surface area contributed by atoms with Crippen LogP contribution in [-0.4, -0.2) is 27.6 Å². The first-order chi connectivity index (χ1) is 9.52. The van der Waals surface area contributed by atoms with E-state index in [1.807, 2.05) is 17.8 Å². The summed E-state index contributed by atoms with van der Waals surface area (Å²) in [5, 5.41) is 11.4. The van der Waals surface area contributed by atoms with Gasteiger partial charge in [0.1, 0.15) is 11.6 Å². The van der Waals surface area contributed by atoms with Crippen LogP contribution in [0.1, 0.15) is 11.4 Å². The van der Waals surface area contributed by atoms with E-state index in [1.165, 1.54) is 6.07 Å². The third-order valence-corrected chi connectivity index (χ3v) is 3.06. The van der Waals surface area contributed by atoms with Crippen molar-refractivity contribution in [2.24, 2.45) is 17.9 Å². The van der Waals surface area contributed by atoms with Gasteiger partial charge in [0.2, 0.25) is 0 Å². The summed E-state index contributed by atoms with van der Waals surface area (Å²) in [6.07, 6.45) is 3.53. The largest absolute Gasteiger partial charge is 0.409 e. The quantitative estimate of drug-likeness (QED) is 0.382. The zero-order chi connectivity index (χ0) is 14.7. The summed E-state index contributed by atoms with van der Waals surface area (Å²) in [4.78, 5) is 5.94. The molecule has 0 bridgehead atoms. The molecular weight excluding hydrogens is 261 g/mol. The van der Waals surface area contributed by atoms with Crippen LogP contribution in [0.15, 0.2) is 35.7 Å². The molecule has 0 fully saturated rings. The van der Waals surface area contributed by atoms with Crippen LogP contribution in [0.3, 0.4) is 0 Å². The van der Waals surface area contributed by atoms with Crippen LogP contribution in [0.2, 0.25) is 0 Å². The molecule has 0 saturated heterocycles. The van der Waals surface area contributed by atoms with Crippen molar-refractivity contribution in [3.05, 3.63) is 47.8 Å². The van der Waals surface area contributed by atoms with Gasteiger partial charge < -0.3 is 20.4 Å². The minimum absolute atomic E-state index is 0.123. The molecule has 7 heteroatoms. The Kier molecular flexibility index (Phi) is 3.88. The maximum atomic E-state index is 14.1. The number of benzene rings is 1. The predicted molar refractivity (Wildman–Crippen MR) is 74.2 cm³/mol. The van der Waals surface area contributed by atoms with Crippen molar-refractivity contribution in [1.82, 2.24) is 9.55 Å². The molecule has 20 heavy (non-hydrogen) atoms. The number of aryl methyl sites for hydroxylation is 1. The van der Waals surface area contributed by atoms with Gasteiger partial charge in [0.15, 0.2) is 5.84 Å². The fourth-order valence-electron chi connectivity index (χ4n) is 1.88. The third kappa shape index (κ3) is 2.71. The second-order valence-electron chi connectivity index (χ2n) is 4.46. The second kappa shape index (κ2) is 5.60. The average Bonchev–Trinajstić information content (AvgIpc) is 2.83. The summed E-state index contributed by atoms with van der Waals surface area (Å²) >= 11 is 0. The van der Waals surface area contributed by atoms with Crippen LogP contribution in [0.4, 0.5) is 10.1 Å². The smallest absolute Gasteiger partial charge is 0.170 e. The van der Waals surface area contributed by atoms with Gasteiger partial charge in [-0.05, 0) is 18.2 Å². The zero-order valence-corrected chi connectivity index (χ0v) is 11.3. The molecule has 2 aromatic rings. The lowest BCUT2D eigenvalue weighted by Crippen LogP contribution is -2.21. The fraction of sp³-hybridized carbons (Fsp3) is 0.231.